The second-order valence-corrected chi connectivity index (χ2v) is 6.58. The number of sulfone groups is 1. The first-order valence-electron chi connectivity index (χ1n) is 6.03. The monoisotopic (exact) mass is 290 g/mol. The van der Waals surface area contributed by atoms with Crippen LogP contribution in [0.25, 0.3) is 0 Å². The second-order valence-electron chi connectivity index (χ2n) is 4.10. The Labute approximate surface area is 114 Å². The van der Waals surface area contributed by atoms with Gasteiger partial charge in [-0.25, -0.2) is 8.42 Å². The summed E-state index contributed by atoms with van der Waals surface area (Å²) in [6.45, 7) is 0. The molecule has 1 rings (SSSR count). The van der Waals surface area contributed by atoms with Gasteiger partial charge in [-0.2, -0.15) is 0 Å². The maximum Gasteiger partial charge on any atom is 0.178 e. The highest BCUT2D eigenvalue weighted by atomic mass is 35.5. The number of hydrogen-bond acceptors (Lipinski definition) is 3. The molecule has 0 saturated heterocycles. The molecule has 0 fully saturated rings. The quantitative estimate of drug-likeness (QED) is 0.545. The molecule has 0 aliphatic heterocycles. The largest absolute Gasteiger partial charge is 0.497 e. The zero-order chi connectivity index (χ0) is 13.4. The first-order chi connectivity index (χ1) is 8.60. The van der Waals surface area contributed by atoms with E-state index in [2.05, 4.69) is 0 Å². The van der Waals surface area contributed by atoms with Crippen LogP contribution in [0.4, 0.5) is 0 Å². The fraction of sp³-hybridized carbons (Fsp3) is 0.538. The summed E-state index contributed by atoms with van der Waals surface area (Å²) in [6.07, 6.45) is 3.53. The third-order valence-electron chi connectivity index (χ3n) is 2.72. The molecule has 0 N–H and O–H groups in total. The standard InChI is InChI=1S/C13H19ClO3S/c1-17-12-6-8-13(9-7-12)18(15,16)11-5-3-2-4-10-14/h6-9H,2-5,10-11H2,1H3. The van der Waals surface area contributed by atoms with Crippen LogP contribution in [0.5, 0.6) is 5.75 Å². The van der Waals surface area contributed by atoms with Crippen molar-refractivity contribution < 1.29 is 13.2 Å². The molecule has 0 atom stereocenters. The van der Waals surface area contributed by atoms with E-state index in [1.807, 2.05) is 0 Å². The molecule has 0 aromatic heterocycles. The summed E-state index contributed by atoms with van der Waals surface area (Å²) in [5.74, 6) is 1.50. The van der Waals surface area contributed by atoms with Crippen molar-refractivity contribution >= 4 is 21.4 Å². The lowest BCUT2D eigenvalue weighted by Gasteiger charge is -2.05. The van der Waals surface area contributed by atoms with Crippen molar-refractivity contribution in [2.45, 2.75) is 30.6 Å². The number of methoxy groups -OCH3 is 1. The van der Waals surface area contributed by atoms with Gasteiger partial charge in [0.05, 0.1) is 17.8 Å². The number of alkyl halides is 1. The second kappa shape index (κ2) is 7.64. The molecule has 0 heterocycles. The van der Waals surface area contributed by atoms with Gasteiger partial charge in [0, 0.05) is 5.88 Å². The molecule has 3 nitrogen and oxygen atoms in total. The summed E-state index contributed by atoms with van der Waals surface area (Å²) >= 11 is 5.56. The lowest BCUT2D eigenvalue weighted by Crippen LogP contribution is -2.06. The fourth-order valence-corrected chi connectivity index (χ4v) is 3.20. The highest BCUT2D eigenvalue weighted by molar-refractivity contribution is 7.91. The normalized spacial score (nSPS) is 11.4. The third kappa shape index (κ3) is 4.86. The molecule has 0 amide bonds. The highest BCUT2D eigenvalue weighted by Crippen LogP contribution is 2.18. The van der Waals surface area contributed by atoms with Gasteiger partial charge in [0.15, 0.2) is 9.84 Å². The summed E-state index contributed by atoms with van der Waals surface area (Å²) in [4.78, 5) is 0.362. The van der Waals surface area contributed by atoms with Gasteiger partial charge in [-0.15, -0.1) is 11.6 Å². The van der Waals surface area contributed by atoms with Crippen LogP contribution in [0.1, 0.15) is 25.7 Å². The number of rotatable bonds is 8. The molecule has 5 heteroatoms. The van der Waals surface area contributed by atoms with Crippen LogP contribution in [-0.4, -0.2) is 27.2 Å². The molecule has 0 aliphatic carbocycles. The Hall–Kier alpha value is -0.740. The van der Waals surface area contributed by atoms with Crippen LogP contribution in [0, 0.1) is 0 Å². The molecule has 0 radical (unpaired) electrons. The van der Waals surface area contributed by atoms with E-state index < -0.39 is 9.84 Å². The molecule has 0 bridgehead atoms. The molecule has 0 unspecified atom stereocenters. The van der Waals surface area contributed by atoms with Crippen LogP contribution in [0.15, 0.2) is 29.2 Å². The van der Waals surface area contributed by atoms with E-state index in [1.54, 1.807) is 31.4 Å². The lowest BCUT2D eigenvalue weighted by atomic mass is 10.2. The van der Waals surface area contributed by atoms with Crippen LogP contribution in [0.2, 0.25) is 0 Å². The maximum atomic E-state index is 12.0. The van der Waals surface area contributed by atoms with Gasteiger partial charge in [0.25, 0.3) is 0 Å². The first-order valence-corrected chi connectivity index (χ1v) is 8.21. The lowest BCUT2D eigenvalue weighted by molar-refractivity contribution is 0.414. The summed E-state index contributed by atoms with van der Waals surface area (Å²) in [5, 5.41) is 0. The van der Waals surface area contributed by atoms with Crippen molar-refractivity contribution in [1.29, 1.82) is 0 Å². The van der Waals surface area contributed by atoms with Crippen molar-refractivity contribution in [2.75, 3.05) is 18.7 Å². The smallest absolute Gasteiger partial charge is 0.178 e. The Bertz CT molecular complexity index is 440. The molecular formula is C13H19ClO3S. The summed E-state index contributed by atoms with van der Waals surface area (Å²) < 4.78 is 29.0. The predicted octanol–water partition coefficient (Wildman–Crippen LogP) is 3.27. The van der Waals surface area contributed by atoms with E-state index in [1.165, 1.54) is 0 Å². The Morgan fingerprint density at radius 2 is 1.67 bits per heavy atom. The molecule has 0 aliphatic rings. The zero-order valence-corrected chi connectivity index (χ0v) is 12.1. The van der Waals surface area contributed by atoms with E-state index in [0.29, 0.717) is 22.9 Å². The van der Waals surface area contributed by atoms with Crippen LogP contribution < -0.4 is 4.74 Å². The zero-order valence-electron chi connectivity index (χ0n) is 10.6. The number of halogens is 1. The van der Waals surface area contributed by atoms with Crippen molar-refractivity contribution in [3.63, 3.8) is 0 Å². The average molecular weight is 291 g/mol. The first kappa shape index (κ1) is 15.3. The predicted molar refractivity (Wildman–Crippen MR) is 74.2 cm³/mol. The van der Waals surface area contributed by atoms with Gasteiger partial charge < -0.3 is 4.74 Å². The molecule has 1 aromatic rings. The number of unbranched alkanes of at least 4 members (excludes halogenated alkanes) is 3. The fourth-order valence-electron chi connectivity index (χ4n) is 1.64. The Morgan fingerprint density at radius 3 is 2.22 bits per heavy atom. The van der Waals surface area contributed by atoms with E-state index in [9.17, 15) is 8.42 Å². The molecular weight excluding hydrogens is 272 g/mol. The average Bonchev–Trinajstić information content (AvgIpc) is 2.38. The van der Waals surface area contributed by atoms with Gasteiger partial charge in [0.1, 0.15) is 5.75 Å². The van der Waals surface area contributed by atoms with Gasteiger partial charge in [-0.1, -0.05) is 12.8 Å². The summed E-state index contributed by atoms with van der Waals surface area (Å²) in [5.41, 5.74) is 0. The van der Waals surface area contributed by atoms with Crippen molar-refractivity contribution in [1.82, 2.24) is 0 Å². The SMILES string of the molecule is COc1ccc(S(=O)(=O)CCCCCCCl)cc1. The minimum Gasteiger partial charge on any atom is -0.497 e. The van der Waals surface area contributed by atoms with E-state index >= 15 is 0 Å². The molecule has 102 valence electrons. The Balaban J connectivity index is 2.51. The van der Waals surface area contributed by atoms with Gasteiger partial charge in [0.2, 0.25) is 0 Å². The summed E-state index contributed by atoms with van der Waals surface area (Å²) in [6, 6.07) is 6.51. The highest BCUT2D eigenvalue weighted by Gasteiger charge is 2.13. The van der Waals surface area contributed by atoms with E-state index in [4.69, 9.17) is 16.3 Å². The molecule has 18 heavy (non-hydrogen) atoms. The third-order valence-corrected chi connectivity index (χ3v) is 4.80. The molecule has 0 spiro atoms. The van der Waals surface area contributed by atoms with Crippen LogP contribution in [0.3, 0.4) is 0 Å². The Morgan fingerprint density at radius 1 is 1.06 bits per heavy atom. The molecule has 0 saturated carbocycles. The minimum absolute atomic E-state index is 0.196. The van der Waals surface area contributed by atoms with Crippen molar-refractivity contribution in [3.8, 4) is 5.75 Å². The van der Waals surface area contributed by atoms with Gasteiger partial charge in [-0.05, 0) is 37.1 Å². The van der Waals surface area contributed by atoms with Crippen LogP contribution >= 0.6 is 11.6 Å². The van der Waals surface area contributed by atoms with E-state index in [-0.39, 0.29) is 5.75 Å². The van der Waals surface area contributed by atoms with Crippen molar-refractivity contribution in [2.24, 2.45) is 0 Å². The minimum atomic E-state index is -3.16. The topological polar surface area (TPSA) is 43.4 Å². The number of hydrogen-bond donors (Lipinski definition) is 0. The van der Waals surface area contributed by atoms with E-state index in [0.717, 1.165) is 19.3 Å². The Kier molecular flexibility index (Phi) is 6.50. The number of benzene rings is 1. The summed E-state index contributed by atoms with van der Waals surface area (Å²) in [7, 11) is -1.61. The van der Waals surface area contributed by atoms with Gasteiger partial charge >= 0.3 is 0 Å². The molecule has 1 aromatic carbocycles. The van der Waals surface area contributed by atoms with Gasteiger partial charge in [-0.3, -0.25) is 0 Å². The number of ether oxygens (including phenoxy) is 1. The van der Waals surface area contributed by atoms with Crippen LogP contribution in [-0.2, 0) is 9.84 Å². The van der Waals surface area contributed by atoms with Crippen molar-refractivity contribution in [3.05, 3.63) is 24.3 Å². The maximum absolute atomic E-state index is 12.0.